The maximum Gasteiger partial charge on any atom is 0.0674 e. The summed E-state index contributed by atoms with van der Waals surface area (Å²) < 4.78 is 0. The minimum Gasteiger partial charge on any atom is -0.393 e. The van der Waals surface area contributed by atoms with Crippen molar-refractivity contribution in [3.8, 4) is 0 Å². The zero-order valence-electron chi connectivity index (χ0n) is 8.79. The number of hydrogen-bond acceptors (Lipinski definition) is 2. The van der Waals surface area contributed by atoms with E-state index in [1.807, 2.05) is 0 Å². The van der Waals surface area contributed by atoms with E-state index >= 15 is 0 Å². The van der Waals surface area contributed by atoms with Crippen LogP contribution in [0.4, 0.5) is 0 Å². The maximum absolute atomic E-state index is 10.3. The van der Waals surface area contributed by atoms with Gasteiger partial charge in [0.1, 0.15) is 0 Å². The van der Waals surface area contributed by atoms with Crippen molar-refractivity contribution in [2.45, 2.75) is 64.1 Å². The number of aliphatic hydroxyl groups excluding tert-OH is 1. The molecule has 0 spiro atoms. The molecule has 0 aromatic rings. The molecule has 2 unspecified atom stereocenters. The summed E-state index contributed by atoms with van der Waals surface area (Å²) in [5.41, 5.74) is -0.491. The van der Waals surface area contributed by atoms with Gasteiger partial charge >= 0.3 is 0 Å². The lowest BCUT2D eigenvalue weighted by Gasteiger charge is -2.38. The van der Waals surface area contributed by atoms with Gasteiger partial charge in [0, 0.05) is 0 Å². The quantitative estimate of drug-likeness (QED) is 0.708. The fourth-order valence-electron chi connectivity index (χ4n) is 2.39. The fourth-order valence-corrected chi connectivity index (χ4v) is 2.39. The van der Waals surface area contributed by atoms with Gasteiger partial charge in [0.2, 0.25) is 0 Å². The Hall–Kier alpha value is -0.0800. The molecule has 0 bridgehead atoms. The number of hydrogen-bond donors (Lipinski definition) is 2. The van der Waals surface area contributed by atoms with Crippen molar-refractivity contribution < 1.29 is 10.2 Å². The Labute approximate surface area is 81.0 Å². The molecule has 2 heteroatoms. The molecule has 78 valence electrons. The Kier molecular flexibility index (Phi) is 3.74. The first-order chi connectivity index (χ1) is 6.04. The second-order valence-electron chi connectivity index (χ2n) is 4.65. The van der Waals surface area contributed by atoms with Crippen molar-refractivity contribution in [2.75, 3.05) is 0 Å². The van der Waals surface area contributed by atoms with Crippen molar-refractivity contribution in [1.29, 1.82) is 0 Å². The summed E-state index contributed by atoms with van der Waals surface area (Å²) in [6.07, 6.45) is 5.80. The first-order valence-corrected chi connectivity index (χ1v) is 5.45. The predicted octanol–water partition coefficient (Wildman–Crippen LogP) is 2.09. The molecule has 0 heterocycles. The van der Waals surface area contributed by atoms with Crippen molar-refractivity contribution in [3.05, 3.63) is 0 Å². The van der Waals surface area contributed by atoms with Crippen LogP contribution in [-0.2, 0) is 0 Å². The SMILES string of the molecule is CC(O)CC(C)C1(O)CCCCC1. The van der Waals surface area contributed by atoms with Crippen LogP contribution < -0.4 is 0 Å². The third-order valence-electron chi connectivity index (χ3n) is 3.33. The van der Waals surface area contributed by atoms with Crippen LogP contribution in [0.3, 0.4) is 0 Å². The van der Waals surface area contributed by atoms with Crippen LogP contribution in [0.1, 0.15) is 52.4 Å². The van der Waals surface area contributed by atoms with Gasteiger partial charge in [-0.15, -0.1) is 0 Å². The summed E-state index contributed by atoms with van der Waals surface area (Å²) in [5.74, 6) is 0.229. The Morgan fingerprint density at radius 1 is 1.15 bits per heavy atom. The third-order valence-corrected chi connectivity index (χ3v) is 3.33. The van der Waals surface area contributed by atoms with Gasteiger partial charge in [0.25, 0.3) is 0 Å². The van der Waals surface area contributed by atoms with E-state index in [9.17, 15) is 10.2 Å². The van der Waals surface area contributed by atoms with Crippen LogP contribution in [0.5, 0.6) is 0 Å². The molecule has 0 radical (unpaired) electrons. The molecule has 0 saturated heterocycles. The highest BCUT2D eigenvalue weighted by Gasteiger charge is 2.35. The van der Waals surface area contributed by atoms with Gasteiger partial charge in [0.15, 0.2) is 0 Å². The van der Waals surface area contributed by atoms with E-state index in [2.05, 4.69) is 6.92 Å². The lowest BCUT2D eigenvalue weighted by molar-refractivity contribution is -0.0560. The fraction of sp³-hybridized carbons (Fsp3) is 1.00. The first kappa shape index (κ1) is 11.0. The molecule has 1 fully saturated rings. The van der Waals surface area contributed by atoms with Crippen LogP contribution in [0.25, 0.3) is 0 Å². The lowest BCUT2D eigenvalue weighted by atomic mass is 9.74. The van der Waals surface area contributed by atoms with Crippen LogP contribution in [0.15, 0.2) is 0 Å². The average molecular weight is 186 g/mol. The molecule has 2 N–H and O–H groups in total. The van der Waals surface area contributed by atoms with E-state index in [0.29, 0.717) is 0 Å². The van der Waals surface area contributed by atoms with Crippen molar-refractivity contribution in [1.82, 2.24) is 0 Å². The Balaban J connectivity index is 2.46. The molecule has 0 aromatic carbocycles. The Morgan fingerprint density at radius 3 is 2.15 bits per heavy atom. The predicted molar refractivity (Wildman–Crippen MR) is 53.5 cm³/mol. The van der Waals surface area contributed by atoms with E-state index in [-0.39, 0.29) is 12.0 Å². The van der Waals surface area contributed by atoms with Crippen molar-refractivity contribution in [2.24, 2.45) is 5.92 Å². The van der Waals surface area contributed by atoms with Crippen molar-refractivity contribution in [3.63, 3.8) is 0 Å². The summed E-state index contributed by atoms with van der Waals surface area (Å²) in [6, 6.07) is 0. The molecular weight excluding hydrogens is 164 g/mol. The molecule has 1 saturated carbocycles. The van der Waals surface area contributed by atoms with Gasteiger partial charge in [-0.1, -0.05) is 26.2 Å². The molecule has 1 aliphatic carbocycles. The summed E-state index contributed by atoms with van der Waals surface area (Å²) in [5, 5.41) is 19.5. The summed E-state index contributed by atoms with van der Waals surface area (Å²) in [4.78, 5) is 0. The van der Waals surface area contributed by atoms with Crippen molar-refractivity contribution >= 4 is 0 Å². The maximum atomic E-state index is 10.3. The highest BCUT2D eigenvalue weighted by atomic mass is 16.3. The number of rotatable bonds is 3. The number of aliphatic hydroxyl groups is 2. The monoisotopic (exact) mass is 186 g/mol. The van der Waals surface area contributed by atoms with E-state index < -0.39 is 5.60 Å². The normalized spacial score (nSPS) is 26.8. The highest BCUT2D eigenvalue weighted by Crippen LogP contribution is 2.36. The molecule has 0 aliphatic heterocycles. The molecule has 2 nitrogen and oxygen atoms in total. The molecule has 0 aromatic heterocycles. The highest BCUT2D eigenvalue weighted by molar-refractivity contribution is 4.87. The minimum absolute atomic E-state index is 0.229. The van der Waals surface area contributed by atoms with Crippen LogP contribution >= 0.6 is 0 Å². The lowest BCUT2D eigenvalue weighted by Crippen LogP contribution is -2.39. The average Bonchev–Trinajstić information content (AvgIpc) is 2.04. The van der Waals surface area contributed by atoms with Gasteiger partial charge in [-0.3, -0.25) is 0 Å². The molecule has 0 amide bonds. The summed E-state index contributed by atoms with van der Waals surface area (Å²) in [7, 11) is 0. The topological polar surface area (TPSA) is 40.5 Å². The van der Waals surface area contributed by atoms with Gasteiger partial charge in [-0.05, 0) is 32.1 Å². The van der Waals surface area contributed by atoms with Crippen LogP contribution in [-0.4, -0.2) is 21.9 Å². The Morgan fingerprint density at radius 2 is 1.69 bits per heavy atom. The zero-order valence-corrected chi connectivity index (χ0v) is 8.79. The Bertz CT molecular complexity index is 148. The molecule has 2 atom stereocenters. The van der Waals surface area contributed by atoms with E-state index in [1.54, 1.807) is 6.92 Å². The van der Waals surface area contributed by atoms with Gasteiger partial charge in [-0.2, -0.15) is 0 Å². The van der Waals surface area contributed by atoms with E-state index in [1.165, 1.54) is 6.42 Å². The smallest absolute Gasteiger partial charge is 0.0674 e. The van der Waals surface area contributed by atoms with Crippen LogP contribution in [0.2, 0.25) is 0 Å². The van der Waals surface area contributed by atoms with Crippen LogP contribution in [0, 0.1) is 5.92 Å². The second kappa shape index (κ2) is 4.43. The summed E-state index contributed by atoms with van der Waals surface area (Å²) in [6.45, 7) is 3.85. The van der Waals surface area contributed by atoms with Gasteiger partial charge in [0.05, 0.1) is 11.7 Å². The standard InChI is InChI=1S/C11H22O2/c1-9(8-10(2)12)11(13)6-4-3-5-7-11/h9-10,12-13H,3-8H2,1-2H3. The third kappa shape index (κ3) is 2.96. The first-order valence-electron chi connectivity index (χ1n) is 5.45. The molecule has 13 heavy (non-hydrogen) atoms. The summed E-state index contributed by atoms with van der Waals surface area (Å²) >= 11 is 0. The largest absolute Gasteiger partial charge is 0.393 e. The molecule has 1 rings (SSSR count). The van der Waals surface area contributed by atoms with E-state index in [0.717, 1.165) is 32.1 Å². The second-order valence-corrected chi connectivity index (χ2v) is 4.65. The molecular formula is C11H22O2. The molecule has 1 aliphatic rings. The minimum atomic E-state index is -0.491. The van der Waals surface area contributed by atoms with Gasteiger partial charge in [-0.25, -0.2) is 0 Å². The zero-order chi connectivity index (χ0) is 9.90. The van der Waals surface area contributed by atoms with Gasteiger partial charge < -0.3 is 10.2 Å². The van der Waals surface area contributed by atoms with E-state index in [4.69, 9.17) is 0 Å².